The monoisotopic (exact) mass is 380 g/mol. The summed E-state index contributed by atoms with van der Waals surface area (Å²) in [7, 11) is 0. The number of hydrogen-bond acceptors (Lipinski definition) is 3. The number of amides is 2. The number of halogens is 1. The highest BCUT2D eigenvalue weighted by Gasteiger charge is 2.25. The third-order valence-corrected chi connectivity index (χ3v) is 4.92. The average molecular weight is 381 g/mol. The van der Waals surface area contributed by atoms with Crippen molar-refractivity contribution in [1.29, 1.82) is 0 Å². The van der Waals surface area contributed by atoms with E-state index in [1.54, 1.807) is 6.92 Å². The van der Waals surface area contributed by atoms with Crippen molar-refractivity contribution in [3.8, 4) is 5.75 Å². The van der Waals surface area contributed by atoms with Crippen LogP contribution in [0.1, 0.15) is 51.5 Å². The Kier molecular flexibility index (Phi) is 7.76. The molecule has 5 nitrogen and oxygen atoms in total. The van der Waals surface area contributed by atoms with Gasteiger partial charge in [0.2, 0.25) is 5.91 Å². The summed E-state index contributed by atoms with van der Waals surface area (Å²) in [6.07, 6.45) is 1.33. The number of nitrogens with one attached hydrogen (secondary N) is 1. The van der Waals surface area contributed by atoms with Crippen LogP contribution in [0.4, 0.5) is 0 Å². The summed E-state index contributed by atoms with van der Waals surface area (Å²) >= 11 is 5.62. The lowest BCUT2D eigenvalue weighted by molar-refractivity contribution is -0.132. The molecule has 0 aromatic heterocycles. The second-order valence-electron chi connectivity index (χ2n) is 7.09. The van der Waals surface area contributed by atoms with Crippen LogP contribution >= 0.6 is 11.6 Å². The highest BCUT2D eigenvalue weighted by Crippen LogP contribution is 2.19. The van der Waals surface area contributed by atoms with Crippen molar-refractivity contribution >= 4 is 23.4 Å². The first kappa shape index (κ1) is 20.6. The van der Waals surface area contributed by atoms with Crippen LogP contribution in [0.3, 0.4) is 0 Å². The maximum Gasteiger partial charge on any atom is 0.260 e. The quantitative estimate of drug-likeness (QED) is 0.738. The molecule has 1 aliphatic rings. The van der Waals surface area contributed by atoms with Crippen molar-refractivity contribution < 1.29 is 14.3 Å². The molecule has 0 bridgehead atoms. The van der Waals surface area contributed by atoms with Gasteiger partial charge in [-0.15, -0.1) is 11.6 Å². The minimum atomic E-state index is -0.559. The van der Waals surface area contributed by atoms with E-state index in [9.17, 15) is 9.59 Å². The van der Waals surface area contributed by atoms with Gasteiger partial charge in [0.05, 0.1) is 0 Å². The molecule has 26 heavy (non-hydrogen) atoms. The van der Waals surface area contributed by atoms with E-state index in [4.69, 9.17) is 16.3 Å². The molecular formula is C20H29ClN2O3. The number of benzene rings is 1. The van der Waals surface area contributed by atoms with Gasteiger partial charge in [0, 0.05) is 31.4 Å². The molecule has 6 heteroatoms. The molecule has 2 rings (SSSR count). The number of hydrogen-bond donors (Lipinski definition) is 1. The number of likely N-dealkylation sites (tertiary alicyclic amines) is 1. The normalized spacial score (nSPS) is 16.4. The van der Waals surface area contributed by atoms with Crippen molar-refractivity contribution in [2.24, 2.45) is 0 Å². The molecule has 0 saturated carbocycles. The molecule has 0 aliphatic carbocycles. The fraction of sp³-hybridized carbons (Fsp3) is 0.600. The summed E-state index contributed by atoms with van der Waals surface area (Å²) < 4.78 is 5.75. The summed E-state index contributed by atoms with van der Waals surface area (Å²) in [5.41, 5.74) is 1.24. The predicted octanol–water partition coefficient (Wildman–Crippen LogP) is 3.31. The fourth-order valence-electron chi connectivity index (χ4n) is 3.02. The maximum absolute atomic E-state index is 12.4. The lowest BCUT2D eigenvalue weighted by atomic mass is 10.0. The van der Waals surface area contributed by atoms with Gasteiger partial charge in [-0.1, -0.05) is 26.0 Å². The van der Waals surface area contributed by atoms with Crippen LogP contribution in [0.25, 0.3) is 0 Å². The van der Waals surface area contributed by atoms with E-state index in [0.717, 1.165) is 12.8 Å². The van der Waals surface area contributed by atoms with Crippen molar-refractivity contribution in [2.45, 2.75) is 58.1 Å². The van der Waals surface area contributed by atoms with Crippen LogP contribution in [0.2, 0.25) is 0 Å². The first-order valence-electron chi connectivity index (χ1n) is 9.31. The number of piperidine rings is 1. The summed E-state index contributed by atoms with van der Waals surface area (Å²) in [5, 5.41) is 3.03. The zero-order valence-corrected chi connectivity index (χ0v) is 16.6. The van der Waals surface area contributed by atoms with E-state index in [2.05, 4.69) is 19.2 Å². The molecule has 1 saturated heterocycles. The second kappa shape index (κ2) is 9.81. The SMILES string of the molecule is CC(Oc1ccc(C(C)C)cc1)C(=O)NC1CCN(C(=O)CCCl)CC1. The topological polar surface area (TPSA) is 58.6 Å². The number of alkyl halides is 1. The molecule has 2 amide bonds. The van der Waals surface area contributed by atoms with E-state index >= 15 is 0 Å². The molecule has 0 radical (unpaired) electrons. The second-order valence-corrected chi connectivity index (χ2v) is 7.46. The molecule has 144 valence electrons. The molecule has 1 heterocycles. The molecule has 1 aromatic rings. The number of carbonyl (C=O) groups excluding carboxylic acids is 2. The zero-order chi connectivity index (χ0) is 19.1. The molecule has 1 aliphatic heterocycles. The Hall–Kier alpha value is -1.75. The van der Waals surface area contributed by atoms with Gasteiger partial charge in [-0.2, -0.15) is 0 Å². The Labute approximate surface area is 161 Å². The van der Waals surface area contributed by atoms with Crippen LogP contribution in [-0.2, 0) is 9.59 Å². The van der Waals surface area contributed by atoms with Gasteiger partial charge in [-0.25, -0.2) is 0 Å². The van der Waals surface area contributed by atoms with Gasteiger partial charge >= 0.3 is 0 Å². The Bertz CT molecular complexity index is 596. The fourth-order valence-corrected chi connectivity index (χ4v) is 3.18. The molecule has 1 fully saturated rings. The van der Waals surface area contributed by atoms with Crippen LogP contribution in [-0.4, -0.2) is 47.8 Å². The van der Waals surface area contributed by atoms with E-state index in [1.807, 2.05) is 29.2 Å². The molecule has 1 N–H and O–H groups in total. The zero-order valence-electron chi connectivity index (χ0n) is 15.8. The summed E-state index contributed by atoms with van der Waals surface area (Å²) in [4.78, 5) is 26.0. The number of nitrogens with zero attached hydrogens (tertiary/aromatic N) is 1. The van der Waals surface area contributed by atoms with Gasteiger partial charge in [0.15, 0.2) is 6.10 Å². The molecule has 1 aromatic carbocycles. The summed E-state index contributed by atoms with van der Waals surface area (Å²) in [6.45, 7) is 7.35. The largest absolute Gasteiger partial charge is 0.481 e. The van der Waals surface area contributed by atoms with Crippen molar-refractivity contribution in [3.05, 3.63) is 29.8 Å². The summed E-state index contributed by atoms with van der Waals surface area (Å²) in [6, 6.07) is 7.94. The molecule has 1 unspecified atom stereocenters. The standard InChI is InChI=1S/C20H29ClN2O3/c1-14(2)16-4-6-18(7-5-16)26-15(3)20(25)22-17-9-12-23(13-10-17)19(24)8-11-21/h4-7,14-15,17H,8-13H2,1-3H3,(H,22,25). The maximum atomic E-state index is 12.4. The highest BCUT2D eigenvalue weighted by molar-refractivity contribution is 6.18. The van der Waals surface area contributed by atoms with Crippen molar-refractivity contribution in [3.63, 3.8) is 0 Å². The van der Waals surface area contributed by atoms with Crippen LogP contribution < -0.4 is 10.1 Å². The molecule has 1 atom stereocenters. The number of carbonyl (C=O) groups is 2. The van der Waals surface area contributed by atoms with Crippen molar-refractivity contribution in [1.82, 2.24) is 10.2 Å². The Balaban J connectivity index is 1.78. The van der Waals surface area contributed by atoms with Gasteiger partial charge in [0.1, 0.15) is 5.75 Å². The number of ether oxygens (including phenoxy) is 1. The van der Waals surface area contributed by atoms with E-state index in [1.165, 1.54) is 5.56 Å². The number of rotatable bonds is 7. The van der Waals surface area contributed by atoms with E-state index in [-0.39, 0.29) is 17.9 Å². The Morgan fingerprint density at radius 1 is 1.19 bits per heavy atom. The van der Waals surface area contributed by atoms with Gasteiger partial charge < -0.3 is 15.0 Å². The Morgan fingerprint density at radius 2 is 1.81 bits per heavy atom. The minimum absolute atomic E-state index is 0.0805. The van der Waals surface area contributed by atoms with Crippen LogP contribution in [0, 0.1) is 0 Å². The molecule has 0 spiro atoms. The smallest absolute Gasteiger partial charge is 0.260 e. The van der Waals surface area contributed by atoms with E-state index < -0.39 is 6.10 Å². The van der Waals surface area contributed by atoms with Crippen LogP contribution in [0.5, 0.6) is 5.75 Å². The first-order valence-corrected chi connectivity index (χ1v) is 9.85. The van der Waals surface area contributed by atoms with Gasteiger partial charge in [-0.3, -0.25) is 9.59 Å². The van der Waals surface area contributed by atoms with E-state index in [0.29, 0.717) is 37.1 Å². The van der Waals surface area contributed by atoms with Crippen molar-refractivity contribution in [2.75, 3.05) is 19.0 Å². The molecular weight excluding hydrogens is 352 g/mol. The highest BCUT2D eigenvalue weighted by atomic mass is 35.5. The third kappa shape index (κ3) is 5.90. The first-order chi connectivity index (χ1) is 12.4. The lowest BCUT2D eigenvalue weighted by Crippen LogP contribution is -2.49. The predicted molar refractivity (Wildman–Crippen MR) is 104 cm³/mol. The summed E-state index contributed by atoms with van der Waals surface area (Å²) in [5.74, 6) is 1.47. The van der Waals surface area contributed by atoms with Gasteiger partial charge in [-0.05, 0) is 43.4 Å². The minimum Gasteiger partial charge on any atom is -0.481 e. The Morgan fingerprint density at radius 3 is 2.35 bits per heavy atom. The van der Waals surface area contributed by atoms with Gasteiger partial charge in [0.25, 0.3) is 5.91 Å². The lowest BCUT2D eigenvalue weighted by Gasteiger charge is -2.32. The van der Waals surface area contributed by atoms with Crippen LogP contribution in [0.15, 0.2) is 24.3 Å². The third-order valence-electron chi connectivity index (χ3n) is 4.73. The average Bonchev–Trinajstić information content (AvgIpc) is 2.63.